The minimum absolute atomic E-state index is 0.0215. The molecule has 0 aliphatic heterocycles. The molecule has 26 heavy (non-hydrogen) atoms. The highest BCUT2D eigenvalue weighted by Crippen LogP contribution is 2.16. The lowest BCUT2D eigenvalue weighted by Gasteiger charge is -2.19. The van der Waals surface area contributed by atoms with Crippen LogP contribution in [0.1, 0.15) is 17.5 Å². The van der Waals surface area contributed by atoms with E-state index in [0.29, 0.717) is 12.2 Å². The smallest absolute Gasteiger partial charge is 0.225 e. The number of nitrogens with zero attached hydrogens (tertiary/aromatic N) is 2. The van der Waals surface area contributed by atoms with Gasteiger partial charge in [0.2, 0.25) is 5.91 Å². The normalized spacial score (nSPS) is 10.3. The molecular formula is C22H23N3O. The molecule has 2 aromatic carbocycles. The van der Waals surface area contributed by atoms with Crippen molar-refractivity contribution in [2.75, 3.05) is 17.3 Å². The minimum atomic E-state index is -0.0215. The SMILES string of the molecule is CN(Cc1ccccc1)c1ccc(NC(=O)CCc2ccccc2)nc1. The number of hydrogen-bond acceptors (Lipinski definition) is 3. The fourth-order valence-corrected chi connectivity index (χ4v) is 2.74. The first-order valence-electron chi connectivity index (χ1n) is 8.75. The molecule has 0 atom stereocenters. The Balaban J connectivity index is 1.51. The number of nitrogens with one attached hydrogen (secondary N) is 1. The first-order valence-corrected chi connectivity index (χ1v) is 8.75. The largest absolute Gasteiger partial charge is 0.369 e. The lowest BCUT2D eigenvalue weighted by atomic mass is 10.1. The summed E-state index contributed by atoms with van der Waals surface area (Å²) in [6.45, 7) is 0.811. The van der Waals surface area contributed by atoms with Gasteiger partial charge in [-0.25, -0.2) is 4.98 Å². The number of aromatic nitrogens is 1. The van der Waals surface area contributed by atoms with Gasteiger partial charge in [-0.1, -0.05) is 60.7 Å². The fraction of sp³-hybridized carbons (Fsp3) is 0.182. The third kappa shape index (κ3) is 5.18. The number of rotatable bonds is 7. The number of aryl methyl sites for hydroxylation is 1. The molecule has 3 aromatic rings. The molecule has 1 amide bonds. The summed E-state index contributed by atoms with van der Waals surface area (Å²) < 4.78 is 0. The number of carbonyl (C=O) groups is 1. The van der Waals surface area contributed by atoms with Crippen LogP contribution in [-0.2, 0) is 17.8 Å². The number of amides is 1. The Bertz CT molecular complexity index is 817. The standard InChI is InChI=1S/C22H23N3O/c1-25(17-19-10-6-3-7-11-19)20-13-14-21(23-16-20)24-22(26)15-12-18-8-4-2-5-9-18/h2-11,13-14,16H,12,15,17H2,1H3,(H,23,24,26). The third-order valence-electron chi connectivity index (χ3n) is 4.20. The van der Waals surface area contributed by atoms with E-state index in [-0.39, 0.29) is 5.91 Å². The molecule has 0 aliphatic rings. The number of anilines is 2. The van der Waals surface area contributed by atoms with Crippen LogP contribution in [0.3, 0.4) is 0 Å². The Kier molecular flexibility index (Phi) is 5.99. The van der Waals surface area contributed by atoms with E-state index in [1.165, 1.54) is 5.56 Å². The second-order valence-corrected chi connectivity index (χ2v) is 6.28. The van der Waals surface area contributed by atoms with Crippen LogP contribution in [0, 0.1) is 0 Å². The van der Waals surface area contributed by atoms with E-state index in [1.54, 1.807) is 6.20 Å². The molecule has 0 bridgehead atoms. The van der Waals surface area contributed by atoms with Crippen LogP contribution in [-0.4, -0.2) is 17.9 Å². The van der Waals surface area contributed by atoms with Gasteiger partial charge in [0.1, 0.15) is 5.82 Å². The highest BCUT2D eigenvalue weighted by atomic mass is 16.1. The Labute approximate surface area is 154 Å². The molecule has 0 saturated heterocycles. The van der Waals surface area contributed by atoms with Crippen LogP contribution in [0.15, 0.2) is 79.0 Å². The Morgan fingerprint density at radius 1 is 0.923 bits per heavy atom. The molecule has 4 heteroatoms. The van der Waals surface area contributed by atoms with Gasteiger partial charge in [0, 0.05) is 20.0 Å². The second kappa shape index (κ2) is 8.81. The molecule has 1 N–H and O–H groups in total. The van der Waals surface area contributed by atoms with Crippen molar-refractivity contribution in [1.29, 1.82) is 0 Å². The van der Waals surface area contributed by atoms with Crippen LogP contribution < -0.4 is 10.2 Å². The van der Waals surface area contributed by atoms with E-state index in [4.69, 9.17) is 0 Å². The summed E-state index contributed by atoms with van der Waals surface area (Å²) >= 11 is 0. The van der Waals surface area contributed by atoms with E-state index < -0.39 is 0 Å². The lowest BCUT2D eigenvalue weighted by Crippen LogP contribution is -2.17. The molecule has 0 fully saturated rings. The van der Waals surface area contributed by atoms with Gasteiger partial charge in [0.15, 0.2) is 0 Å². The van der Waals surface area contributed by atoms with E-state index >= 15 is 0 Å². The van der Waals surface area contributed by atoms with Crippen LogP contribution in [0.2, 0.25) is 0 Å². The summed E-state index contributed by atoms with van der Waals surface area (Å²) in [5.41, 5.74) is 3.41. The summed E-state index contributed by atoms with van der Waals surface area (Å²) in [6.07, 6.45) is 2.96. The minimum Gasteiger partial charge on any atom is -0.369 e. The summed E-state index contributed by atoms with van der Waals surface area (Å²) in [5, 5.41) is 2.86. The van der Waals surface area contributed by atoms with E-state index in [1.807, 2.05) is 67.7 Å². The molecule has 0 unspecified atom stereocenters. The lowest BCUT2D eigenvalue weighted by molar-refractivity contribution is -0.116. The molecule has 3 rings (SSSR count). The van der Waals surface area contributed by atoms with Crippen LogP contribution in [0.25, 0.3) is 0 Å². The highest BCUT2D eigenvalue weighted by Gasteiger charge is 2.06. The summed E-state index contributed by atoms with van der Waals surface area (Å²) in [5.74, 6) is 0.562. The average Bonchev–Trinajstić information content (AvgIpc) is 2.68. The molecule has 1 heterocycles. The topological polar surface area (TPSA) is 45.2 Å². The number of carbonyl (C=O) groups excluding carboxylic acids is 1. The van der Waals surface area contributed by atoms with Crippen LogP contribution in [0.4, 0.5) is 11.5 Å². The van der Waals surface area contributed by atoms with Gasteiger partial charge < -0.3 is 10.2 Å². The Hall–Kier alpha value is -3.14. The Morgan fingerprint density at radius 3 is 2.19 bits per heavy atom. The van der Waals surface area contributed by atoms with E-state index in [9.17, 15) is 4.79 Å². The van der Waals surface area contributed by atoms with Gasteiger partial charge in [0.25, 0.3) is 0 Å². The molecule has 0 aliphatic carbocycles. The Morgan fingerprint density at radius 2 is 1.58 bits per heavy atom. The molecule has 4 nitrogen and oxygen atoms in total. The van der Waals surface area contributed by atoms with Crippen molar-refractivity contribution in [2.24, 2.45) is 0 Å². The maximum Gasteiger partial charge on any atom is 0.225 e. The van der Waals surface area contributed by atoms with Crippen molar-refractivity contribution < 1.29 is 4.79 Å². The third-order valence-corrected chi connectivity index (χ3v) is 4.20. The van der Waals surface area contributed by atoms with Gasteiger partial charge in [0.05, 0.1) is 11.9 Å². The van der Waals surface area contributed by atoms with Crippen molar-refractivity contribution >= 4 is 17.4 Å². The van der Waals surface area contributed by atoms with Crippen molar-refractivity contribution in [1.82, 2.24) is 4.98 Å². The zero-order valence-electron chi connectivity index (χ0n) is 14.9. The average molecular weight is 345 g/mol. The predicted octanol–water partition coefficient (Wildman–Crippen LogP) is 4.29. The molecular weight excluding hydrogens is 322 g/mol. The summed E-state index contributed by atoms with van der Waals surface area (Å²) in [4.78, 5) is 18.6. The van der Waals surface area contributed by atoms with Gasteiger partial charge in [-0.3, -0.25) is 4.79 Å². The van der Waals surface area contributed by atoms with Gasteiger partial charge in [-0.05, 0) is 29.7 Å². The van der Waals surface area contributed by atoms with Crippen LogP contribution in [0.5, 0.6) is 0 Å². The maximum atomic E-state index is 12.1. The predicted molar refractivity (Wildman–Crippen MR) is 106 cm³/mol. The van der Waals surface area contributed by atoms with Crippen molar-refractivity contribution in [3.63, 3.8) is 0 Å². The van der Waals surface area contributed by atoms with Gasteiger partial charge in [-0.15, -0.1) is 0 Å². The number of pyridine rings is 1. The molecule has 0 saturated carbocycles. The number of benzene rings is 2. The van der Waals surface area contributed by atoms with E-state index in [0.717, 1.165) is 24.2 Å². The van der Waals surface area contributed by atoms with Gasteiger partial charge in [-0.2, -0.15) is 0 Å². The zero-order valence-corrected chi connectivity index (χ0v) is 14.9. The van der Waals surface area contributed by atoms with Crippen molar-refractivity contribution in [3.05, 3.63) is 90.1 Å². The summed E-state index contributed by atoms with van der Waals surface area (Å²) in [7, 11) is 2.03. The quantitative estimate of drug-likeness (QED) is 0.695. The molecule has 1 aromatic heterocycles. The van der Waals surface area contributed by atoms with Gasteiger partial charge >= 0.3 is 0 Å². The maximum absolute atomic E-state index is 12.1. The monoisotopic (exact) mass is 345 g/mol. The fourth-order valence-electron chi connectivity index (χ4n) is 2.74. The molecule has 132 valence electrons. The zero-order chi connectivity index (χ0) is 18.2. The van der Waals surface area contributed by atoms with Crippen molar-refractivity contribution in [2.45, 2.75) is 19.4 Å². The second-order valence-electron chi connectivity index (χ2n) is 6.28. The first-order chi connectivity index (χ1) is 12.7. The molecule has 0 spiro atoms. The van der Waals surface area contributed by atoms with Crippen LogP contribution >= 0.6 is 0 Å². The summed E-state index contributed by atoms with van der Waals surface area (Å²) in [6, 6.07) is 24.1. The number of hydrogen-bond donors (Lipinski definition) is 1. The molecule has 0 radical (unpaired) electrons. The highest BCUT2D eigenvalue weighted by molar-refractivity contribution is 5.89. The first kappa shape index (κ1) is 17.7. The van der Waals surface area contributed by atoms with E-state index in [2.05, 4.69) is 27.3 Å². The van der Waals surface area contributed by atoms with Crippen molar-refractivity contribution in [3.8, 4) is 0 Å².